The van der Waals surface area contributed by atoms with Gasteiger partial charge in [-0.25, -0.2) is 4.39 Å². The van der Waals surface area contributed by atoms with Crippen molar-refractivity contribution in [2.45, 2.75) is 24.5 Å². The van der Waals surface area contributed by atoms with Crippen LogP contribution in [0, 0.1) is 11.7 Å². The number of nitrogens with zero attached hydrogens (tertiary/aromatic N) is 2. The van der Waals surface area contributed by atoms with E-state index in [2.05, 4.69) is 17.1 Å². The fraction of sp³-hybridized carbons (Fsp3) is 0.368. The van der Waals surface area contributed by atoms with Gasteiger partial charge in [0.1, 0.15) is 5.82 Å². The van der Waals surface area contributed by atoms with Gasteiger partial charge in [-0.15, -0.1) is 0 Å². The summed E-state index contributed by atoms with van der Waals surface area (Å²) in [5.41, 5.74) is 8.54. The average Bonchev–Trinajstić information content (AvgIpc) is 3.01. The van der Waals surface area contributed by atoms with Gasteiger partial charge in [-0.05, 0) is 29.7 Å². The van der Waals surface area contributed by atoms with E-state index < -0.39 is 0 Å². The molecule has 130 valence electrons. The number of ether oxygens (including phenoxy) is 1. The molecule has 4 nitrogen and oxygen atoms in total. The summed E-state index contributed by atoms with van der Waals surface area (Å²) in [5, 5.41) is 0.630. The number of thioether (sulfide) groups is 1. The maximum Gasteiger partial charge on any atom is 0.154 e. The first kappa shape index (κ1) is 16.5. The van der Waals surface area contributed by atoms with E-state index in [0.717, 1.165) is 35.3 Å². The molecule has 0 spiro atoms. The van der Waals surface area contributed by atoms with Crippen LogP contribution in [0.1, 0.15) is 18.4 Å². The van der Waals surface area contributed by atoms with Crippen LogP contribution >= 0.6 is 11.8 Å². The van der Waals surface area contributed by atoms with E-state index >= 15 is 0 Å². The van der Waals surface area contributed by atoms with Crippen LogP contribution in [0.2, 0.25) is 0 Å². The smallest absolute Gasteiger partial charge is 0.154 e. The average molecular weight is 357 g/mol. The Morgan fingerprint density at radius 1 is 1.28 bits per heavy atom. The van der Waals surface area contributed by atoms with Crippen LogP contribution in [0.5, 0.6) is 0 Å². The molecule has 1 fully saturated rings. The van der Waals surface area contributed by atoms with Gasteiger partial charge in [-0.2, -0.15) is 0 Å². The summed E-state index contributed by atoms with van der Waals surface area (Å²) in [6.07, 6.45) is 4.87. The Morgan fingerprint density at radius 3 is 2.96 bits per heavy atom. The van der Waals surface area contributed by atoms with E-state index in [1.54, 1.807) is 25.1 Å². The molecule has 6 heteroatoms. The van der Waals surface area contributed by atoms with E-state index in [-0.39, 0.29) is 17.5 Å². The molecule has 2 heterocycles. The van der Waals surface area contributed by atoms with Crippen LogP contribution < -0.4 is 5.73 Å². The third kappa shape index (κ3) is 2.93. The van der Waals surface area contributed by atoms with Gasteiger partial charge in [0, 0.05) is 37.0 Å². The van der Waals surface area contributed by atoms with Crippen LogP contribution in [-0.2, 0) is 10.3 Å². The summed E-state index contributed by atoms with van der Waals surface area (Å²) in [7, 11) is 1.75. The maximum atomic E-state index is 13.5. The Hall–Kier alpha value is -1.92. The summed E-state index contributed by atoms with van der Waals surface area (Å²) in [4.78, 5) is 8.84. The number of halogens is 1. The molecular formula is C19H20FN3OS. The van der Waals surface area contributed by atoms with E-state index in [1.807, 2.05) is 12.1 Å². The van der Waals surface area contributed by atoms with Crippen molar-refractivity contribution < 1.29 is 9.13 Å². The first-order chi connectivity index (χ1) is 12.1. The zero-order valence-electron chi connectivity index (χ0n) is 14.0. The summed E-state index contributed by atoms with van der Waals surface area (Å²) in [6.45, 7) is 0. The van der Waals surface area contributed by atoms with Gasteiger partial charge in [0.25, 0.3) is 0 Å². The number of rotatable bonds is 3. The number of hydrogen-bond donors (Lipinski definition) is 1. The lowest BCUT2D eigenvalue weighted by Crippen LogP contribution is -2.36. The van der Waals surface area contributed by atoms with Crippen LogP contribution in [0.4, 0.5) is 4.39 Å². The Labute approximate surface area is 150 Å². The van der Waals surface area contributed by atoms with Crippen molar-refractivity contribution in [3.8, 4) is 11.1 Å². The van der Waals surface area contributed by atoms with Gasteiger partial charge in [-0.3, -0.25) is 9.98 Å². The van der Waals surface area contributed by atoms with Gasteiger partial charge in [0.2, 0.25) is 0 Å². The summed E-state index contributed by atoms with van der Waals surface area (Å²) >= 11 is 1.62. The zero-order valence-corrected chi connectivity index (χ0v) is 14.8. The number of pyridine rings is 1. The number of nitrogens with two attached hydrogens (primary N) is 1. The molecule has 0 saturated heterocycles. The van der Waals surface area contributed by atoms with Crippen molar-refractivity contribution in [1.29, 1.82) is 0 Å². The Bertz CT molecular complexity index is 828. The predicted octanol–water partition coefficient (Wildman–Crippen LogP) is 3.57. The highest BCUT2D eigenvalue weighted by Crippen LogP contribution is 2.51. The predicted molar refractivity (Wildman–Crippen MR) is 98.9 cm³/mol. The Morgan fingerprint density at radius 2 is 2.16 bits per heavy atom. The van der Waals surface area contributed by atoms with Crippen molar-refractivity contribution in [3.05, 3.63) is 54.1 Å². The first-order valence-electron chi connectivity index (χ1n) is 8.33. The lowest BCUT2D eigenvalue weighted by Gasteiger charge is -2.35. The quantitative estimate of drug-likeness (QED) is 0.912. The fourth-order valence-electron chi connectivity index (χ4n) is 4.00. The number of methoxy groups -OCH3 is 1. The molecule has 0 amide bonds. The molecule has 0 radical (unpaired) electrons. The molecule has 1 aromatic carbocycles. The fourth-order valence-corrected chi connectivity index (χ4v) is 5.01. The zero-order chi connectivity index (χ0) is 17.4. The highest BCUT2D eigenvalue weighted by molar-refractivity contribution is 8.13. The normalized spacial score (nSPS) is 28.5. The number of amidine groups is 1. The molecule has 2 aliphatic rings. The minimum absolute atomic E-state index is 0.180. The second kappa shape index (κ2) is 6.42. The van der Waals surface area contributed by atoms with E-state index in [0.29, 0.717) is 11.1 Å². The van der Waals surface area contributed by atoms with Crippen molar-refractivity contribution in [1.82, 2.24) is 4.98 Å². The monoisotopic (exact) mass is 357 g/mol. The molecule has 2 aromatic rings. The van der Waals surface area contributed by atoms with Gasteiger partial charge < -0.3 is 10.5 Å². The molecule has 2 N–H and O–H groups in total. The molecule has 4 rings (SSSR count). The number of aromatic nitrogens is 1. The molecule has 1 aliphatic heterocycles. The van der Waals surface area contributed by atoms with Crippen molar-refractivity contribution >= 4 is 16.9 Å². The number of aliphatic imine (C=N–C) groups is 1. The number of hydrogen-bond acceptors (Lipinski definition) is 5. The van der Waals surface area contributed by atoms with Gasteiger partial charge in [-0.1, -0.05) is 30.0 Å². The summed E-state index contributed by atoms with van der Waals surface area (Å²) in [5.74, 6) is 0.993. The van der Waals surface area contributed by atoms with E-state index in [1.165, 1.54) is 12.3 Å². The molecular weight excluding hydrogens is 337 g/mol. The molecule has 0 bridgehead atoms. The SMILES string of the molecule is COC1CC2CSC(N)=NC2(c2cccc(-c3cncc(F)c3)c2)C1. The van der Waals surface area contributed by atoms with Gasteiger partial charge in [0.05, 0.1) is 17.8 Å². The number of fused-ring (bicyclic) bond motifs is 1. The molecule has 1 aliphatic carbocycles. The molecule has 25 heavy (non-hydrogen) atoms. The van der Waals surface area contributed by atoms with Crippen LogP contribution in [-0.4, -0.2) is 29.1 Å². The van der Waals surface area contributed by atoms with Gasteiger partial charge >= 0.3 is 0 Å². The Balaban J connectivity index is 1.80. The van der Waals surface area contributed by atoms with Crippen molar-refractivity contribution in [2.24, 2.45) is 16.6 Å². The molecule has 3 unspecified atom stereocenters. The lowest BCUT2D eigenvalue weighted by atomic mass is 9.80. The van der Waals surface area contributed by atoms with Crippen LogP contribution in [0.3, 0.4) is 0 Å². The Kier molecular flexibility index (Phi) is 4.25. The topological polar surface area (TPSA) is 60.5 Å². The summed E-state index contributed by atoms with van der Waals surface area (Å²) in [6, 6.07) is 9.65. The van der Waals surface area contributed by atoms with E-state index in [4.69, 9.17) is 15.5 Å². The van der Waals surface area contributed by atoms with Crippen LogP contribution in [0.25, 0.3) is 11.1 Å². The second-order valence-electron chi connectivity index (χ2n) is 6.65. The lowest BCUT2D eigenvalue weighted by molar-refractivity contribution is 0.102. The largest absolute Gasteiger partial charge is 0.381 e. The maximum absolute atomic E-state index is 13.5. The molecule has 1 aromatic heterocycles. The standard InChI is InChI=1S/C19H20FN3OS/c1-24-17-7-15-11-25-18(21)23-19(15,8-17)14-4-2-3-12(5-14)13-6-16(20)10-22-9-13/h2-6,9-10,15,17H,7-8,11H2,1H3,(H2,21,23). The van der Waals surface area contributed by atoms with Crippen molar-refractivity contribution in [3.63, 3.8) is 0 Å². The highest BCUT2D eigenvalue weighted by Gasteiger charge is 2.50. The van der Waals surface area contributed by atoms with Crippen molar-refractivity contribution in [2.75, 3.05) is 12.9 Å². The summed E-state index contributed by atoms with van der Waals surface area (Å²) < 4.78 is 19.2. The third-order valence-corrected chi connectivity index (χ3v) is 6.19. The molecule has 3 atom stereocenters. The van der Waals surface area contributed by atoms with Crippen LogP contribution in [0.15, 0.2) is 47.7 Å². The molecule has 1 saturated carbocycles. The minimum Gasteiger partial charge on any atom is -0.381 e. The first-order valence-corrected chi connectivity index (χ1v) is 9.31. The van der Waals surface area contributed by atoms with E-state index in [9.17, 15) is 4.39 Å². The van der Waals surface area contributed by atoms with Gasteiger partial charge in [0.15, 0.2) is 5.17 Å². The second-order valence-corrected chi connectivity index (χ2v) is 7.69. The third-order valence-electron chi connectivity index (χ3n) is 5.24. The highest BCUT2D eigenvalue weighted by atomic mass is 32.2. The number of benzene rings is 1. The minimum atomic E-state index is -0.354.